The maximum absolute atomic E-state index is 8.96. The second-order valence-corrected chi connectivity index (χ2v) is 3.55. The van der Waals surface area contributed by atoms with Crippen LogP contribution >= 0.6 is 0 Å². The molecule has 0 aliphatic rings. The zero-order valence-electron chi connectivity index (χ0n) is 9.04. The van der Waals surface area contributed by atoms with Crippen LogP contribution in [0.5, 0.6) is 0 Å². The lowest BCUT2D eigenvalue weighted by Crippen LogP contribution is -2.29. The SMILES string of the molecule is CCn1ccc(-c2ccc(B(O)O)cc2)n1. The van der Waals surface area contributed by atoms with Crippen LogP contribution in [-0.4, -0.2) is 26.9 Å². The monoisotopic (exact) mass is 216 g/mol. The molecule has 0 aliphatic carbocycles. The Labute approximate surface area is 94.3 Å². The molecule has 0 saturated carbocycles. The number of hydrogen-bond acceptors (Lipinski definition) is 3. The standard InChI is InChI=1S/C11H13BN2O2/c1-2-14-8-7-11(13-14)9-3-5-10(6-4-9)12(15)16/h3-8,15-16H,2H2,1H3. The van der Waals surface area contributed by atoms with Crippen LogP contribution in [0.15, 0.2) is 36.5 Å². The molecule has 16 heavy (non-hydrogen) atoms. The number of rotatable bonds is 3. The average Bonchev–Trinajstić information content (AvgIpc) is 2.77. The summed E-state index contributed by atoms with van der Waals surface area (Å²) in [6.45, 7) is 2.87. The molecule has 82 valence electrons. The van der Waals surface area contributed by atoms with Crippen molar-refractivity contribution < 1.29 is 10.0 Å². The highest BCUT2D eigenvalue weighted by Crippen LogP contribution is 2.15. The van der Waals surface area contributed by atoms with Crippen LogP contribution in [-0.2, 0) is 6.54 Å². The van der Waals surface area contributed by atoms with Crippen molar-refractivity contribution in [2.75, 3.05) is 0 Å². The Bertz CT molecular complexity index is 465. The molecule has 0 radical (unpaired) electrons. The van der Waals surface area contributed by atoms with E-state index in [9.17, 15) is 0 Å². The van der Waals surface area contributed by atoms with Gasteiger partial charge in [0, 0.05) is 18.3 Å². The molecule has 0 spiro atoms. The molecule has 2 N–H and O–H groups in total. The van der Waals surface area contributed by atoms with Gasteiger partial charge in [0.2, 0.25) is 0 Å². The van der Waals surface area contributed by atoms with Crippen LogP contribution in [0.2, 0.25) is 0 Å². The molecule has 0 aliphatic heterocycles. The van der Waals surface area contributed by atoms with Gasteiger partial charge in [-0.3, -0.25) is 4.68 Å². The Hall–Kier alpha value is -1.59. The van der Waals surface area contributed by atoms with Crippen LogP contribution in [0.25, 0.3) is 11.3 Å². The van der Waals surface area contributed by atoms with Crippen molar-refractivity contribution in [1.29, 1.82) is 0 Å². The molecule has 1 aromatic heterocycles. The largest absolute Gasteiger partial charge is 0.488 e. The highest BCUT2D eigenvalue weighted by molar-refractivity contribution is 6.58. The average molecular weight is 216 g/mol. The summed E-state index contributed by atoms with van der Waals surface area (Å²) in [6.07, 6.45) is 1.92. The van der Waals surface area contributed by atoms with E-state index in [-0.39, 0.29) is 0 Å². The molecule has 2 aromatic rings. The fourth-order valence-electron chi connectivity index (χ4n) is 1.52. The zero-order chi connectivity index (χ0) is 11.5. The molecule has 0 bridgehead atoms. The van der Waals surface area contributed by atoms with Gasteiger partial charge >= 0.3 is 7.12 Å². The quantitative estimate of drug-likeness (QED) is 0.723. The Balaban J connectivity index is 2.27. The van der Waals surface area contributed by atoms with Crippen LogP contribution in [0, 0.1) is 0 Å². The second-order valence-electron chi connectivity index (χ2n) is 3.55. The van der Waals surface area contributed by atoms with Crippen molar-refractivity contribution in [3.8, 4) is 11.3 Å². The summed E-state index contributed by atoms with van der Waals surface area (Å²) in [5, 5.41) is 22.3. The molecule has 5 heteroatoms. The van der Waals surface area contributed by atoms with E-state index in [0.29, 0.717) is 5.46 Å². The van der Waals surface area contributed by atoms with Gasteiger partial charge in [0.25, 0.3) is 0 Å². The van der Waals surface area contributed by atoms with Crippen molar-refractivity contribution in [3.05, 3.63) is 36.5 Å². The fourth-order valence-corrected chi connectivity index (χ4v) is 1.52. The molecular weight excluding hydrogens is 203 g/mol. The zero-order valence-corrected chi connectivity index (χ0v) is 9.04. The number of hydrogen-bond donors (Lipinski definition) is 2. The minimum absolute atomic E-state index is 0.485. The Morgan fingerprint density at radius 3 is 2.38 bits per heavy atom. The molecule has 0 amide bonds. The van der Waals surface area contributed by atoms with Crippen LogP contribution in [0.4, 0.5) is 0 Å². The van der Waals surface area contributed by atoms with Crippen molar-refractivity contribution in [2.45, 2.75) is 13.5 Å². The molecule has 0 saturated heterocycles. The van der Waals surface area contributed by atoms with E-state index in [4.69, 9.17) is 10.0 Å². The second kappa shape index (κ2) is 4.51. The Morgan fingerprint density at radius 1 is 1.19 bits per heavy atom. The summed E-state index contributed by atoms with van der Waals surface area (Å²) in [4.78, 5) is 0. The molecule has 0 unspecified atom stereocenters. The number of aromatic nitrogens is 2. The van der Waals surface area contributed by atoms with E-state index < -0.39 is 7.12 Å². The lowest BCUT2D eigenvalue weighted by atomic mass is 9.80. The van der Waals surface area contributed by atoms with Crippen LogP contribution in [0.1, 0.15) is 6.92 Å². The van der Waals surface area contributed by atoms with Gasteiger partial charge in [0.1, 0.15) is 0 Å². The smallest absolute Gasteiger partial charge is 0.423 e. The van der Waals surface area contributed by atoms with E-state index in [2.05, 4.69) is 5.10 Å². The van der Waals surface area contributed by atoms with E-state index >= 15 is 0 Å². The summed E-state index contributed by atoms with van der Waals surface area (Å²) in [6, 6.07) is 8.97. The highest BCUT2D eigenvalue weighted by Gasteiger charge is 2.10. The Kier molecular flexibility index (Phi) is 3.08. The van der Waals surface area contributed by atoms with Gasteiger partial charge in [-0.2, -0.15) is 5.10 Å². The van der Waals surface area contributed by atoms with Gasteiger partial charge in [-0.25, -0.2) is 0 Å². The maximum atomic E-state index is 8.96. The summed E-state index contributed by atoms with van der Waals surface area (Å²) in [5.74, 6) is 0. The highest BCUT2D eigenvalue weighted by atomic mass is 16.4. The van der Waals surface area contributed by atoms with Crippen molar-refractivity contribution in [1.82, 2.24) is 9.78 Å². The molecule has 0 atom stereocenters. The van der Waals surface area contributed by atoms with E-state index in [1.165, 1.54) is 0 Å². The number of benzene rings is 1. The molecule has 1 aromatic carbocycles. The first-order valence-electron chi connectivity index (χ1n) is 5.20. The van der Waals surface area contributed by atoms with Gasteiger partial charge in [0.05, 0.1) is 5.69 Å². The third kappa shape index (κ3) is 2.15. The molecule has 2 rings (SSSR count). The lowest BCUT2D eigenvalue weighted by Gasteiger charge is -2.00. The lowest BCUT2D eigenvalue weighted by molar-refractivity contribution is 0.426. The maximum Gasteiger partial charge on any atom is 0.488 e. The molecule has 0 fully saturated rings. The molecule has 1 heterocycles. The molecular formula is C11H13BN2O2. The van der Waals surface area contributed by atoms with Gasteiger partial charge in [-0.05, 0) is 18.5 Å². The topological polar surface area (TPSA) is 58.3 Å². The summed E-state index contributed by atoms with van der Waals surface area (Å²) in [5.41, 5.74) is 2.34. The summed E-state index contributed by atoms with van der Waals surface area (Å²) >= 11 is 0. The first-order chi connectivity index (χ1) is 7.70. The third-order valence-corrected chi connectivity index (χ3v) is 2.47. The van der Waals surface area contributed by atoms with E-state index in [1.807, 2.05) is 36.0 Å². The van der Waals surface area contributed by atoms with Crippen molar-refractivity contribution in [3.63, 3.8) is 0 Å². The van der Waals surface area contributed by atoms with Gasteiger partial charge in [0.15, 0.2) is 0 Å². The van der Waals surface area contributed by atoms with Gasteiger partial charge in [-0.1, -0.05) is 24.3 Å². The minimum Gasteiger partial charge on any atom is -0.423 e. The van der Waals surface area contributed by atoms with Crippen LogP contribution in [0.3, 0.4) is 0 Å². The Morgan fingerprint density at radius 2 is 1.88 bits per heavy atom. The van der Waals surface area contributed by atoms with Gasteiger partial charge in [-0.15, -0.1) is 0 Å². The fraction of sp³-hybridized carbons (Fsp3) is 0.182. The predicted octanol–water partition coefficient (Wildman–Crippen LogP) is 0.250. The summed E-state index contributed by atoms with van der Waals surface area (Å²) in [7, 11) is -1.41. The van der Waals surface area contributed by atoms with Crippen molar-refractivity contribution in [2.24, 2.45) is 0 Å². The summed E-state index contributed by atoms with van der Waals surface area (Å²) < 4.78 is 1.85. The number of nitrogens with zero attached hydrogens (tertiary/aromatic N) is 2. The van der Waals surface area contributed by atoms with Gasteiger partial charge < -0.3 is 10.0 Å². The first kappa shape index (κ1) is 10.9. The van der Waals surface area contributed by atoms with Crippen molar-refractivity contribution >= 4 is 12.6 Å². The van der Waals surface area contributed by atoms with Crippen LogP contribution < -0.4 is 5.46 Å². The number of aryl methyl sites for hydroxylation is 1. The first-order valence-corrected chi connectivity index (χ1v) is 5.20. The normalized spacial score (nSPS) is 10.4. The third-order valence-electron chi connectivity index (χ3n) is 2.47. The predicted molar refractivity (Wildman–Crippen MR) is 63.2 cm³/mol. The van der Waals surface area contributed by atoms with E-state index in [0.717, 1.165) is 17.8 Å². The molecule has 4 nitrogen and oxygen atoms in total. The minimum atomic E-state index is -1.41. The van der Waals surface area contributed by atoms with E-state index in [1.54, 1.807) is 12.1 Å².